The van der Waals surface area contributed by atoms with Crippen molar-refractivity contribution in [1.29, 1.82) is 0 Å². The minimum Gasteiger partial charge on any atom is -0.305 e. The SMILES string of the molecule is CCNCNC(C)[SiH2]C(C)C. The summed E-state index contributed by atoms with van der Waals surface area (Å²) in [7, 11) is 0.0914. The van der Waals surface area contributed by atoms with E-state index in [9.17, 15) is 0 Å². The van der Waals surface area contributed by atoms with Gasteiger partial charge < -0.3 is 10.6 Å². The smallest absolute Gasteiger partial charge is 0.0453 e. The Morgan fingerprint density at radius 1 is 1.27 bits per heavy atom. The average Bonchev–Trinajstić information content (AvgIpc) is 1.86. The normalized spacial score (nSPS) is 15.0. The highest BCUT2D eigenvalue weighted by Crippen LogP contribution is 1.98. The standard InChI is InChI=1S/C8H22N2Si/c1-5-9-6-10-8(4)11-7(2)3/h7-10H,5-6,11H2,1-4H3. The van der Waals surface area contributed by atoms with Crippen LogP contribution in [0.2, 0.25) is 5.54 Å². The van der Waals surface area contributed by atoms with E-state index in [1.54, 1.807) is 0 Å². The lowest BCUT2D eigenvalue weighted by Gasteiger charge is -2.14. The molecule has 0 rings (SSSR count). The van der Waals surface area contributed by atoms with Crippen molar-refractivity contribution in [2.75, 3.05) is 13.2 Å². The van der Waals surface area contributed by atoms with Gasteiger partial charge in [-0.15, -0.1) is 0 Å². The molecule has 2 nitrogen and oxygen atoms in total. The van der Waals surface area contributed by atoms with E-state index in [4.69, 9.17) is 0 Å². The summed E-state index contributed by atoms with van der Waals surface area (Å²) in [5, 5.41) is 6.73. The number of hydrogen-bond donors (Lipinski definition) is 2. The Bertz CT molecular complexity index is 86.2. The Balaban J connectivity index is 3.15. The molecule has 0 bridgehead atoms. The summed E-state index contributed by atoms with van der Waals surface area (Å²) >= 11 is 0. The van der Waals surface area contributed by atoms with E-state index in [2.05, 4.69) is 38.3 Å². The van der Waals surface area contributed by atoms with Crippen LogP contribution in [0.1, 0.15) is 27.7 Å². The van der Waals surface area contributed by atoms with Crippen molar-refractivity contribution in [3.63, 3.8) is 0 Å². The average molecular weight is 174 g/mol. The van der Waals surface area contributed by atoms with Gasteiger partial charge in [-0.25, -0.2) is 0 Å². The molecule has 68 valence electrons. The lowest BCUT2D eigenvalue weighted by atomic mass is 10.6. The lowest BCUT2D eigenvalue weighted by Crippen LogP contribution is -2.39. The van der Waals surface area contributed by atoms with Gasteiger partial charge in [-0.1, -0.05) is 33.2 Å². The van der Waals surface area contributed by atoms with Crippen LogP contribution in [-0.2, 0) is 0 Å². The molecule has 0 fully saturated rings. The lowest BCUT2D eigenvalue weighted by molar-refractivity contribution is 0.585. The van der Waals surface area contributed by atoms with E-state index in [1.165, 1.54) is 0 Å². The monoisotopic (exact) mass is 174 g/mol. The van der Waals surface area contributed by atoms with Crippen LogP contribution in [0.4, 0.5) is 0 Å². The molecule has 0 aromatic heterocycles. The zero-order chi connectivity index (χ0) is 8.69. The Morgan fingerprint density at radius 3 is 2.36 bits per heavy atom. The van der Waals surface area contributed by atoms with Crippen LogP contribution in [0, 0.1) is 0 Å². The van der Waals surface area contributed by atoms with Gasteiger partial charge in [0.25, 0.3) is 0 Å². The van der Waals surface area contributed by atoms with Crippen molar-refractivity contribution in [3.8, 4) is 0 Å². The second-order valence-corrected chi connectivity index (χ2v) is 6.84. The molecular formula is C8H22N2Si. The highest BCUT2D eigenvalue weighted by Gasteiger charge is 2.03. The predicted molar refractivity (Wildman–Crippen MR) is 54.8 cm³/mol. The highest BCUT2D eigenvalue weighted by atomic mass is 28.2. The Morgan fingerprint density at radius 2 is 1.91 bits per heavy atom. The molecule has 0 amide bonds. The second kappa shape index (κ2) is 6.82. The number of rotatable bonds is 6. The predicted octanol–water partition coefficient (Wildman–Crippen LogP) is 0.486. The van der Waals surface area contributed by atoms with Crippen LogP contribution in [0.25, 0.3) is 0 Å². The molecule has 0 saturated heterocycles. The maximum atomic E-state index is 3.47. The molecule has 1 unspecified atom stereocenters. The van der Waals surface area contributed by atoms with Gasteiger partial charge in [0, 0.05) is 16.2 Å². The molecule has 3 heteroatoms. The third-order valence-electron chi connectivity index (χ3n) is 1.65. The van der Waals surface area contributed by atoms with E-state index < -0.39 is 0 Å². The van der Waals surface area contributed by atoms with Crippen LogP contribution >= 0.6 is 0 Å². The largest absolute Gasteiger partial charge is 0.305 e. The summed E-state index contributed by atoms with van der Waals surface area (Å²) in [6.45, 7) is 11.1. The van der Waals surface area contributed by atoms with E-state index in [0.717, 1.165) is 24.4 Å². The molecule has 0 aromatic carbocycles. The molecule has 0 spiro atoms. The third-order valence-corrected chi connectivity index (χ3v) is 3.59. The van der Waals surface area contributed by atoms with Gasteiger partial charge in [0.1, 0.15) is 0 Å². The molecule has 0 radical (unpaired) electrons. The van der Waals surface area contributed by atoms with Gasteiger partial charge in [-0.2, -0.15) is 0 Å². The Kier molecular flexibility index (Phi) is 6.91. The van der Waals surface area contributed by atoms with Gasteiger partial charge >= 0.3 is 0 Å². The molecule has 0 aliphatic heterocycles. The van der Waals surface area contributed by atoms with Crippen molar-refractivity contribution >= 4 is 9.52 Å². The fraction of sp³-hybridized carbons (Fsp3) is 1.00. The molecule has 0 heterocycles. The Hall–Kier alpha value is 0.137. The summed E-state index contributed by atoms with van der Waals surface area (Å²) in [4.78, 5) is 0. The molecule has 0 aromatic rings. The molecule has 2 N–H and O–H groups in total. The van der Waals surface area contributed by atoms with Crippen molar-refractivity contribution in [3.05, 3.63) is 0 Å². The Labute approximate surface area is 73.0 Å². The molecule has 0 aliphatic carbocycles. The highest BCUT2D eigenvalue weighted by molar-refractivity contribution is 6.39. The molecule has 0 saturated carbocycles. The van der Waals surface area contributed by atoms with Crippen LogP contribution < -0.4 is 10.6 Å². The molecule has 1 atom stereocenters. The second-order valence-electron chi connectivity index (χ2n) is 3.52. The van der Waals surface area contributed by atoms with Crippen LogP contribution in [0.15, 0.2) is 0 Å². The maximum Gasteiger partial charge on any atom is 0.0453 e. The van der Waals surface area contributed by atoms with E-state index in [0.29, 0.717) is 0 Å². The first-order valence-corrected chi connectivity index (χ1v) is 6.24. The van der Waals surface area contributed by atoms with Gasteiger partial charge in [0.05, 0.1) is 0 Å². The molecular weight excluding hydrogens is 152 g/mol. The van der Waals surface area contributed by atoms with Crippen molar-refractivity contribution in [2.45, 2.75) is 38.9 Å². The number of hydrogen-bond acceptors (Lipinski definition) is 2. The zero-order valence-electron chi connectivity index (χ0n) is 8.28. The van der Waals surface area contributed by atoms with Gasteiger partial charge in [-0.3, -0.25) is 0 Å². The van der Waals surface area contributed by atoms with Gasteiger partial charge in [0.2, 0.25) is 0 Å². The molecule has 0 aliphatic rings. The first-order chi connectivity index (χ1) is 5.16. The quantitative estimate of drug-likeness (QED) is 0.348. The third kappa shape index (κ3) is 8.04. The van der Waals surface area contributed by atoms with Gasteiger partial charge in [0.15, 0.2) is 0 Å². The van der Waals surface area contributed by atoms with Crippen LogP contribution in [-0.4, -0.2) is 28.4 Å². The summed E-state index contributed by atoms with van der Waals surface area (Å²) in [6.07, 6.45) is 0. The summed E-state index contributed by atoms with van der Waals surface area (Å²) in [6, 6.07) is 0. The van der Waals surface area contributed by atoms with Crippen LogP contribution in [0.3, 0.4) is 0 Å². The fourth-order valence-corrected chi connectivity index (χ4v) is 2.89. The van der Waals surface area contributed by atoms with E-state index in [1.807, 2.05) is 0 Å². The van der Waals surface area contributed by atoms with E-state index in [-0.39, 0.29) is 9.52 Å². The maximum absolute atomic E-state index is 3.47. The van der Waals surface area contributed by atoms with Crippen molar-refractivity contribution < 1.29 is 0 Å². The van der Waals surface area contributed by atoms with Crippen LogP contribution in [0.5, 0.6) is 0 Å². The summed E-state index contributed by atoms with van der Waals surface area (Å²) < 4.78 is 0. The van der Waals surface area contributed by atoms with E-state index >= 15 is 0 Å². The first kappa shape index (κ1) is 11.1. The fourth-order valence-electron chi connectivity index (χ4n) is 1.16. The number of nitrogens with one attached hydrogen (secondary N) is 2. The van der Waals surface area contributed by atoms with Crippen molar-refractivity contribution in [1.82, 2.24) is 10.6 Å². The topological polar surface area (TPSA) is 24.1 Å². The minimum absolute atomic E-state index is 0.0914. The molecule has 11 heavy (non-hydrogen) atoms. The van der Waals surface area contributed by atoms with Gasteiger partial charge in [-0.05, 0) is 12.2 Å². The zero-order valence-corrected chi connectivity index (χ0v) is 9.69. The minimum atomic E-state index is 0.0914. The summed E-state index contributed by atoms with van der Waals surface area (Å²) in [5.74, 6) is 0. The summed E-state index contributed by atoms with van der Waals surface area (Å²) in [5.41, 5.74) is 1.70. The first-order valence-electron chi connectivity index (χ1n) is 4.60. The van der Waals surface area contributed by atoms with Crippen molar-refractivity contribution in [2.24, 2.45) is 0 Å².